The van der Waals surface area contributed by atoms with E-state index in [9.17, 15) is 4.79 Å². The molecule has 0 amide bonds. The molecule has 118 valence electrons. The highest BCUT2D eigenvalue weighted by Crippen LogP contribution is 2.31. The van der Waals surface area contributed by atoms with Gasteiger partial charge in [-0.1, -0.05) is 48.0 Å². The van der Waals surface area contributed by atoms with Gasteiger partial charge >= 0.3 is 0 Å². The van der Waals surface area contributed by atoms with Crippen molar-refractivity contribution in [2.75, 3.05) is 12.4 Å². The third-order valence-corrected chi connectivity index (χ3v) is 4.98. The van der Waals surface area contributed by atoms with E-state index in [1.54, 1.807) is 11.8 Å². The lowest BCUT2D eigenvalue weighted by Crippen LogP contribution is -2.27. The minimum Gasteiger partial charge on any atom is -0.353 e. The first-order chi connectivity index (χ1) is 11.1. The fourth-order valence-corrected chi connectivity index (χ4v) is 4.14. The van der Waals surface area contributed by atoms with Gasteiger partial charge in [-0.05, 0) is 42.9 Å². The number of nitrogens with zero attached hydrogens (tertiary/aromatic N) is 1. The van der Waals surface area contributed by atoms with Crippen LogP contribution in [-0.2, 0) is 0 Å². The number of hydrogen-bond acceptors (Lipinski definition) is 3. The average Bonchev–Trinajstić information content (AvgIpc) is 2.95. The van der Waals surface area contributed by atoms with Gasteiger partial charge in [-0.2, -0.15) is 0 Å². The largest absolute Gasteiger partial charge is 0.353 e. The van der Waals surface area contributed by atoms with Crippen molar-refractivity contribution in [3.05, 3.63) is 75.7 Å². The van der Waals surface area contributed by atoms with Crippen LogP contribution in [0.4, 0.5) is 0 Å². The Kier molecular flexibility index (Phi) is 4.58. The SMILES string of the molecule is Cc1cc(C)c(C(=O)CN2CSC=C2c2ccccc2)c(C)c1. The molecule has 0 unspecified atom stereocenters. The summed E-state index contributed by atoms with van der Waals surface area (Å²) in [5.74, 6) is 1.03. The monoisotopic (exact) mass is 323 g/mol. The first-order valence-electron chi connectivity index (χ1n) is 7.79. The summed E-state index contributed by atoms with van der Waals surface area (Å²) in [5.41, 5.74) is 6.54. The summed E-state index contributed by atoms with van der Waals surface area (Å²) in [4.78, 5) is 15.0. The van der Waals surface area contributed by atoms with E-state index in [2.05, 4.69) is 41.5 Å². The molecule has 0 fully saturated rings. The molecule has 2 nitrogen and oxygen atoms in total. The highest BCUT2D eigenvalue weighted by atomic mass is 32.2. The van der Waals surface area contributed by atoms with Gasteiger partial charge in [0.25, 0.3) is 0 Å². The van der Waals surface area contributed by atoms with Gasteiger partial charge in [0.1, 0.15) is 0 Å². The van der Waals surface area contributed by atoms with Crippen LogP contribution in [0.2, 0.25) is 0 Å². The lowest BCUT2D eigenvalue weighted by Gasteiger charge is -2.22. The standard InChI is InChI=1S/C20H21NOS/c1-14-9-15(2)20(16(3)10-14)19(22)11-21-13-23-12-18(21)17-7-5-4-6-8-17/h4-10,12H,11,13H2,1-3H3. The van der Waals surface area contributed by atoms with Crippen LogP contribution in [0.25, 0.3) is 5.70 Å². The smallest absolute Gasteiger partial charge is 0.182 e. The zero-order chi connectivity index (χ0) is 16.4. The highest BCUT2D eigenvalue weighted by Gasteiger charge is 2.22. The molecular formula is C20H21NOS. The van der Waals surface area contributed by atoms with Crippen molar-refractivity contribution in [3.8, 4) is 0 Å². The van der Waals surface area contributed by atoms with Crippen molar-refractivity contribution < 1.29 is 4.79 Å². The zero-order valence-corrected chi connectivity index (χ0v) is 14.6. The second kappa shape index (κ2) is 6.63. The minimum atomic E-state index is 0.198. The lowest BCUT2D eigenvalue weighted by atomic mass is 9.96. The molecule has 0 spiro atoms. The maximum Gasteiger partial charge on any atom is 0.182 e. The number of ketones is 1. The predicted molar refractivity (Wildman–Crippen MR) is 98.6 cm³/mol. The molecule has 23 heavy (non-hydrogen) atoms. The van der Waals surface area contributed by atoms with E-state index in [4.69, 9.17) is 0 Å². The maximum atomic E-state index is 12.9. The van der Waals surface area contributed by atoms with E-state index in [-0.39, 0.29) is 5.78 Å². The summed E-state index contributed by atoms with van der Waals surface area (Å²) in [6.07, 6.45) is 0. The van der Waals surface area contributed by atoms with Crippen LogP contribution in [0.5, 0.6) is 0 Å². The summed E-state index contributed by atoms with van der Waals surface area (Å²) in [6.45, 7) is 6.56. The molecule has 1 aliphatic heterocycles. The van der Waals surface area contributed by atoms with Crippen molar-refractivity contribution in [1.29, 1.82) is 0 Å². The molecule has 3 heteroatoms. The second-order valence-electron chi connectivity index (χ2n) is 6.06. The van der Waals surface area contributed by atoms with Crippen LogP contribution in [0.1, 0.15) is 32.6 Å². The number of rotatable bonds is 4. The Bertz CT molecular complexity index is 741. The number of aryl methyl sites for hydroxylation is 3. The van der Waals surface area contributed by atoms with Gasteiger partial charge in [0, 0.05) is 5.56 Å². The Labute approximate surface area is 142 Å². The normalized spacial score (nSPS) is 14.0. The third-order valence-electron chi connectivity index (χ3n) is 4.13. The molecule has 2 aromatic rings. The van der Waals surface area contributed by atoms with E-state index in [1.807, 2.05) is 32.0 Å². The highest BCUT2D eigenvalue weighted by molar-refractivity contribution is 8.02. The quantitative estimate of drug-likeness (QED) is 0.754. The molecule has 1 aliphatic rings. The Morgan fingerprint density at radius 3 is 2.39 bits per heavy atom. The summed E-state index contributed by atoms with van der Waals surface area (Å²) < 4.78 is 0. The van der Waals surface area contributed by atoms with Crippen LogP contribution in [-0.4, -0.2) is 23.1 Å². The first-order valence-corrected chi connectivity index (χ1v) is 8.84. The summed E-state index contributed by atoms with van der Waals surface area (Å²) >= 11 is 1.74. The van der Waals surface area contributed by atoms with Crippen LogP contribution in [0, 0.1) is 20.8 Å². The summed E-state index contributed by atoms with van der Waals surface area (Å²) in [6, 6.07) is 14.5. The van der Waals surface area contributed by atoms with Crippen molar-refractivity contribution >= 4 is 23.2 Å². The predicted octanol–water partition coefficient (Wildman–Crippen LogP) is 4.80. The molecule has 0 N–H and O–H groups in total. The van der Waals surface area contributed by atoms with E-state index in [1.165, 1.54) is 11.1 Å². The molecule has 0 saturated carbocycles. The number of Topliss-reactive ketones (excluding diaryl/α,β-unsaturated/α-hetero) is 1. The van der Waals surface area contributed by atoms with Gasteiger partial charge in [0.2, 0.25) is 0 Å². The molecule has 0 atom stereocenters. The van der Waals surface area contributed by atoms with E-state index in [0.29, 0.717) is 6.54 Å². The molecule has 0 saturated heterocycles. The van der Waals surface area contributed by atoms with E-state index < -0.39 is 0 Å². The molecule has 3 rings (SSSR count). The van der Waals surface area contributed by atoms with Crippen molar-refractivity contribution in [2.24, 2.45) is 0 Å². The van der Waals surface area contributed by atoms with Crippen molar-refractivity contribution in [1.82, 2.24) is 4.90 Å². The number of benzene rings is 2. The molecule has 2 aromatic carbocycles. The van der Waals surface area contributed by atoms with Gasteiger partial charge in [0.05, 0.1) is 18.1 Å². The Balaban J connectivity index is 1.82. The van der Waals surface area contributed by atoms with Gasteiger partial charge in [-0.3, -0.25) is 4.79 Å². The fraction of sp³-hybridized carbons (Fsp3) is 0.250. The number of hydrogen-bond donors (Lipinski definition) is 0. The zero-order valence-electron chi connectivity index (χ0n) is 13.8. The van der Waals surface area contributed by atoms with Gasteiger partial charge in [0.15, 0.2) is 5.78 Å². The van der Waals surface area contributed by atoms with Gasteiger partial charge in [-0.25, -0.2) is 0 Å². The molecule has 0 aliphatic carbocycles. The minimum absolute atomic E-state index is 0.198. The maximum absolute atomic E-state index is 12.9. The van der Waals surface area contributed by atoms with Crippen LogP contribution >= 0.6 is 11.8 Å². The number of carbonyl (C=O) groups excluding carboxylic acids is 1. The van der Waals surface area contributed by atoms with Gasteiger partial charge < -0.3 is 4.90 Å². The van der Waals surface area contributed by atoms with Crippen molar-refractivity contribution in [3.63, 3.8) is 0 Å². The molecule has 0 aromatic heterocycles. The summed E-state index contributed by atoms with van der Waals surface area (Å²) in [5, 5.41) is 2.15. The van der Waals surface area contributed by atoms with Gasteiger partial charge in [-0.15, -0.1) is 11.8 Å². The fourth-order valence-electron chi connectivity index (χ4n) is 3.21. The molecule has 0 bridgehead atoms. The lowest BCUT2D eigenvalue weighted by molar-refractivity contribution is 0.0965. The molecule has 0 radical (unpaired) electrons. The van der Waals surface area contributed by atoms with E-state index in [0.717, 1.165) is 28.3 Å². The Morgan fingerprint density at radius 1 is 1.09 bits per heavy atom. The summed E-state index contributed by atoms with van der Waals surface area (Å²) in [7, 11) is 0. The van der Waals surface area contributed by atoms with Crippen LogP contribution < -0.4 is 0 Å². The van der Waals surface area contributed by atoms with Crippen molar-refractivity contribution in [2.45, 2.75) is 20.8 Å². The molecular weight excluding hydrogens is 302 g/mol. The Hall–Kier alpha value is -2.00. The van der Waals surface area contributed by atoms with Crippen LogP contribution in [0.15, 0.2) is 47.9 Å². The Morgan fingerprint density at radius 2 is 1.74 bits per heavy atom. The topological polar surface area (TPSA) is 20.3 Å². The van der Waals surface area contributed by atoms with Crippen LogP contribution in [0.3, 0.4) is 0 Å². The first kappa shape index (κ1) is 15.9. The molecule has 1 heterocycles. The second-order valence-corrected chi connectivity index (χ2v) is 6.89. The number of thioether (sulfide) groups is 1. The third kappa shape index (κ3) is 3.35. The number of carbonyl (C=O) groups is 1. The average molecular weight is 323 g/mol. The van der Waals surface area contributed by atoms with E-state index >= 15 is 0 Å².